The van der Waals surface area contributed by atoms with E-state index in [-0.39, 0.29) is 10.8 Å². The highest BCUT2D eigenvalue weighted by atomic mass is 32.2. The molecule has 140 valence electrons. The number of rotatable bonds is 7. The van der Waals surface area contributed by atoms with Crippen LogP contribution in [0, 0.1) is 6.92 Å². The number of hydrogen-bond acceptors (Lipinski definition) is 4. The quantitative estimate of drug-likeness (QED) is 0.805. The summed E-state index contributed by atoms with van der Waals surface area (Å²) in [5.74, 6) is -0.289. The van der Waals surface area contributed by atoms with Gasteiger partial charge in [-0.1, -0.05) is 24.3 Å². The molecule has 2 rings (SSSR count). The van der Waals surface area contributed by atoms with Crippen LogP contribution in [-0.4, -0.2) is 53.5 Å². The molecule has 0 saturated heterocycles. The van der Waals surface area contributed by atoms with Crippen LogP contribution in [0.15, 0.2) is 53.4 Å². The van der Waals surface area contributed by atoms with Crippen molar-refractivity contribution < 1.29 is 13.2 Å². The lowest BCUT2D eigenvalue weighted by molar-refractivity contribution is 0.0951. The van der Waals surface area contributed by atoms with Crippen LogP contribution >= 0.6 is 0 Å². The van der Waals surface area contributed by atoms with Crippen LogP contribution in [0.4, 0.5) is 5.69 Å². The number of anilines is 1. The maximum absolute atomic E-state index is 13.0. The molecule has 0 bridgehead atoms. The molecular weight excluding hydrogens is 350 g/mol. The van der Waals surface area contributed by atoms with E-state index >= 15 is 0 Å². The minimum absolute atomic E-state index is 0.0866. The molecule has 0 saturated carbocycles. The third kappa shape index (κ3) is 4.62. The van der Waals surface area contributed by atoms with E-state index in [2.05, 4.69) is 5.32 Å². The molecule has 26 heavy (non-hydrogen) atoms. The predicted octanol–water partition coefficient (Wildman–Crippen LogP) is 2.11. The number of nitrogens with zero attached hydrogens (tertiary/aromatic N) is 2. The van der Waals surface area contributed by atoms with E-state index in [0.29, 0.717) is 24.3 Å². The molecule has 2 aromatic rings. The zero-order valence-electron chi connectivity index (χ0n) is 15.6. The second-order valence-corrected chi connectivity index (χ2v) is 8.32. The van der Waals surface area contributed by atoms with Gasteiger partial charge in [-0.05, 0) is 50.8 Å². The van der Waals surface area contributed by atoms with Crippen LogP contribution in [-0.2, 0) is 10.0 Å². The van der Waals surface area contributed by atoms with Gasteiger partial charge in [-0.25, -0.2) is 8.42 Å². The van der Waals surface area contributed by atoms with E-state index < -0.39 is 10.0 Å². The highest BCUT2D eigenvalue weighted by Gasteiger charge is 2.23. The molecule has 0 aromatic heterocycles. The van der Waals surface area contributed by atoms with Crippen molar-refractivity contribution in [2.75, 3.05) is 38.5 Å². The zero-order chi connectivity index (χ0) is 19.3. The lowest BCUT2D eigenvalue weighted by Gasteiger charge is -2.21. The van der Waals surface area contributed by atoms with Gasteiger partial charge in [0.25, 0.3) is 15.9 Å². The highest BCUT2D eigenvalue weighted by molar-refractivity contribution is 7.92. The van der Waals surface area contributed by atoms with Gasteiger partial charge < -0.3 is 10.2 Å². The summed E-state index contributed by atoms with van der Waals surface area (Å²) < 4.78 is 27.1. The number of nitrogens with one attached hydrogen (secondary N) is 1. The molecule has 0 unspecified atom stereocenters. The third-order valence-corrected chi connectivity index (χ3v) is 5.82. The van der Waals surface area contributed by atoms with Crippen LogP contribution < -0.4 is 9.62 Å². The second-order valence-electron chi connectivity index (χ2n) is 6.35. The standard InChI is InChI=1S/C19H25N3O3S/c1-15-8-5-6-11-18(15)22(4)26(24,25)17-10-7-9-16(14-17)19(23)20-12-13-21(2)3/h5-11,14H,12-13H2,1-4H3,(H,20,23). The van der Waals surface area contributed by atoms with E-state index in [0.717, 1.165) is 5.56 Å². The first-order chi connectivity index (χ1) is 12.2. The topological polar surface area (TPSA) is 69.7 Å². The fourth-order valence-electron chi connectivity index (χ4n) is 2.50. The first-order valence-electron chi connectivity index (χ1n) is 8.31. The highest BCUT2D eigenvalue weighted by Crippen LogP contribution is 2.25. The van der Waals surface area contributed by atoms with Crippen LogP contribution in [0.5, 0.6) is 0 Å². The average Bonchev–Trinajstić information content (AvgIpc) is 2.61. The number of likely N-dealkylation sites (N-methyl/N-ethyl adjacent to an activating group) is 1. The summed E-state index contributed by atoms with van der Waals surface area (Å²) in [6.07, 6.45) is 0. The average molecular weight is 375 g/mol. The fourth-order valence-corrected chi connectivity index (χ4v) is 3.80. The molecule has 2 aromatic carbocycles. The smallest absolute Gasteiger partial charge is 0.264 e. The molecule has 0 radical (unpaired) electrons. The summed E-state index contributed by atoms with van der Waals surface area (Å²) in [5.41, 5.74) is 1.78. The van der Waals surface area contributed by atoms with Crippen molar-refractivity contribution in [3.63, 3.8) is 0 Å². The van der Waals surface area contributed by atoms with Gasteiger partial charge in [0.05, 0.1) is 10.6 Å². The Bertz CT molecular complexity index is 879. The summed E-state index contributed by atoms with van der Waals surface area (Å²) >= 11 is 0. The Kier molecular flexibility index (Phi) is 6.39. The number of aryl methyl sites for hydroxylation is 1. The van der Waals surface area contributed by atoms with Gasteiger partial charge in [0.2, 0.25) is 0 Å². The first kappa shape index (κ1) is 19.9. The Hall–Kier alpha value is -2.38. The summed E-state index contributed by atoms with van der Waals surface area (Å²) in [6.45, 7) is 3.06. The van der Waals surface area contributed by atoms with Crippen LogP contribution in [0.1, 0.15) is 15.9 Å². The van der Waals surface area contributed by atoms with Gasteiger partial charge in [-0.3, -0.25) is 9.10 Å². The molecule has 0 aliphatic carbocycles. The number of carbonyl (C=O) groups is 1. The predicted molar refractivity (Wildman–Crippen MR) is 104 cm³/mol. The summed E-state index contributed by atoms with van der Waals surface area (Å²) in [5, 5.41) is 2.79. The van der Waals surface area contributed by atoms with E-state index in [1.165, 1.54) is 23.5 Å². The van der Waals surface area contributed by atoms with Gasteiger partial charge in [0.1, 0.15) is 0 Å². The molecule has 0 heterocycles. The number of para-hydroxylation sites is 1. The Morgan fingerprint density at radius 3 is 2.38 bits per heavy atom. The minimum Gasteiger partial charge on any atom is -0.351 e. The number of amides is 1. The molecule has 7 heteroatoms. The van der Waals surface area contributed by atoms with E-state index in [9.17, 15) is 13.2 Å². The Morgan fingerprint density at radius 2 is 1.73 bits per heavy atom. The van der Waals surface area contributed by atoms with Crippen LogP contribution in [0.2, 0.25) is 0 Å². The Labute approximate surface area is 155 Å². The SMILES string of the molecule is Cc1ccccc1N(C)S(=O)(=O)c1cccc(C(=O)NCCN(C)C)c1. The molecule has 0 aliphatic heterocycles. The fraction of sp³-hybridized carbons (Fsp3) is 0.316. The maximum Gasteiger partial charge on any atom is 0.264 e. The van der Waals surface area contributed by atoms with Gasteiger partial charge in [0.15, 0.2) is 0 Å². The molecular formula is C19H25N3O3S. The van der Waals surface area contributed by atoms with Gasteiger partial charge >= 0.3 is 0 Å². The maximum atomic E-state index is 13.0. The van der Waals surface area contributed by atoms with Crippen molar-refractivity contribution in [1.82, 2.24) is 10.2 Å². The van der Waals surface area contributed by atoms with Crippen LogP contribution in [0.3, 0.4) is 0 Å². The van der Waals surface area contributed by atoms with E-state index in [4.69, 9.17) is 0 Å². The zero-order valence-corrected chi connectivity index (χ0v) is 16.4. The van der Waals surface area contributed by atoms with Crippen molar-refractivity contribution in [2.24, 2.45) is 0 Å². The van der Waals surface area contributed by atoms with Crippen molar-refractivity contribution in [3.8, 4) is 0 Å². The third-order valence-electron chi connectivity index (χ3n) is 4.05. The number of hydrogen-bond donors (Lipinski definition) is 1. The molecule has 0 fully saturated rings. The second kappa shape index (κ2) is 8.33. The monoisotopic (exact) mass is 375 g/mol. The Morgan fingerprint density at radius 1 is 1.04 bits per heavy atom. The van der Waals surface area contributed by atoms with Crippen molar-refractivity contribution in [3.05, 3.63) is 59.7 Å². The summed E-state index contributed by atoms with van der Waals surface area (Å²) in [4.78, 5) is 14.3. The number of sulfonamides is 1. The van der Waals surface area contributed by atoms with E-state index in [1.54, 1.807) is 24.3 Å². The summed E-state index contributed by atoms with van der Waals surface area (Å²) in [7, 11) is 1.59. The molecule has 0 aliphatic rings. The minimum atomic E-state index is -3.76. The molecule has 0 atom stereocenters. The van der Waals surface area contributed by atoms with E-state index in [1.807, 2.05) is 38.1 Å². The largest absolute Gasteiger partial charge is 0.351 e. The van der Waals surface area contributed by atoms with Gasteiger partial charge in [-0.2, -0.15) is 0 Å². The van der Waals surface area contributed by atoms with Crippen molar-refractivity contribution >= 4 is 21.6 Å². The van der Waals surface area contributed by atoms with Crippen molar-refractivity contribution in [1.29, 1.82) is 0 Å². The Balaban J connectivity index is 2.25. The molecule has 1 amide bonds. The molecule has 1 N–H and O–H groups in total. The molecule has 0 spiro atoms. The number of carbonyl (C=O) groups excluding carboxylic acids is 1. The summed E-state index contributed by atoms with van der Waals surface area (Å²) in [6, 6.07) is 13.4. The lowest BCUT2D eigenvalue weighted by atomic mass is 10.2. The molecule has 6 nitrogen and oxygen atoms in total. The first-order valence-corrected chi connectivity index (χ1v) is 9.75. The van der Waals surface area contributed by atoms with Crippen LogP contribution in [0.25, 0.3) is 0 Å². The van der Waals surface area contributed by atoms with Crippen molar-refractivity contribution in [2.45, 2.75) is 11.8 Å². The van der Waals surface area contributed by atoms with Gasteiger partial charge in [-0.15, -0.1) is 0 Å². The number of benzene rings is 2. The normalized spacial score (nSPS) is 11.4. The van der Waals surface area contributed by atoms with Gasteiger partial charge in [0, 0.05) is 25.7 Å². The lowest BCUT2D eigenvalue weighted by Crippen LogP contribution is -2.31.